The smallest absolute Gasteiger partial charge is 0.0891 e. The van der Waals surface area contributed by atoms with Gasteiger partial charge in [0.1, 0.15) is 0 Å². The van der Waals surface area contributed by atoms with Gasteiger partial charge < -0.3 is 9.80 Å². The predicted octanol–water partition coefficient (Wildman–Crippen LogP) is 0.144. The molecule has 2 aliphatic rings. The lowest BCUT2D eigenvalue weighted by Gasteiger charge is -2.43. The van der Waals surface area contributed by atoms with Crippen molar-refractivity contribution in [1.29, 1.82) is 0 Å². The van der Waals surface area contributed by atoms with Gasteiger partial charge in [-0.1, -0.05) is 13.8 Å². The number of rotatable bonds is 10. The Morgan fingerprint density at radius 1 is 0.880 bits per heavy atom. The molecule has 25 heavy (non-hydrogen) atoms. The summed E-state index contributed by atoms with van der Waals surface area (Å²) >= 11 is 0. The van der Waals surface area contributed by atoms with E-state index in [0.717, 1.165) is 26.2 Å². The molecule has 1 atom stereocenters. The second kappa shape index (κ2) is 11.5. The Bertz CT molecular complexity index is 339. The third kappa shape index (κ3) is 7.49. The molecule has 0 aromatic carbocycles. The number of piperazine rings is 2. The molecule has 0 spiro atoms. The number of likely N-dealkylation sites (N-methyl/N-ethyl adjacent to an activating group) is 1. The van der Waals surface area contributed by atoms with Crippen LogP contribution in [0.3, 0.4) is 0 Å². The molecule has 0 amide bonds. The normalized spacial score (nSPS) is 24.5. The van der Waals surface area contributed by atoms with Crippen LogP contribution in [0.1, 0.15) is 20.3 Å². The molecule has 6 nitrogen and oxygen atoms in total. The molecular formula is C19H41N6. The Labute approximate surface area is 156 Å². The van der Waals surface area contributed by atoms with Crippen molar-refractivity contribution in [2.45, 2.75) is 26.4 Å². The maximum atomic E-state index is 4.93. The van der Waals surface area contributed by atoms with E-state index in [-0.39, 0.29) is 0 Å². The molecule has 6 heteroatoms. The summed E-state index contributed by atoms with van der Waals surface area (Å²) in [5.41, 5.74) is 0. The van der Waals surface area contributed by atoms with Gasteiger partial charge >= 0.3 is 0 Å². The first-order valence-corrected chi connectivity index (χ1v) is 10.3. The van der Waals surface area contributed by atoms with Crippen molar-refractivity contribution in [2.75, 3.05) is 99.2 Å². The summed E-state index contributed by atoms with van der Waals surface area (Å²) in [6, 6.07) is 0. The fourth-order valence-corrected chi connectivity index (χ4v) is 3.85. The van der Waals surface area contributed by atoms with Crippen LogP contribution in [0.4, 0.5) is 0 Å². The lowest BCUT2D eigenvalue weighted by atomic mass is 10.2. The molecular weight excluding hydrogens is 312 g/mol. The molecule has 147 valence electrons. The summed E-state index contributed by atoms with van der Waals surface area (Å²) in [6.45, 7) is 19.7. The largest absolute Gasteiger partial charge is 0.308 e. The van der Waals surface area contributed by atoms with E-state index in [1.165, 1.54) is 65.3 Å². The van der Waals surface area contributed by atoms with Gasteiger partial charge in [0.05, 0.1) is 6.17 Å². The first kappa shape index (κ1) is 21.1. The van der Waals surface area contributed by atoms with E-state index in [1.54, 1.807) is 0 Å². The second-order valence-corrected chi connectivity index (χ2v) is 7.75. The van der Waals surface area contributed by atoms with E-state index >= 15 is 0 Å². The van der Waals surface area contributed by atoms with Crippen molar-refractivity contribution in [1.82, 2.24) is 29.8 Å². The summed E-state index contributed by atoms with van der Waals surface area (Å²) in [7, 11) is 4.32. The molecule has 1 radical (unpaired) electrons. The Kier molecular flexibility index (Phi) is 9.66. The van der Waals surface area contributed by atoms with Gasteiger partial charge in [0, 0.05) is 58.9 Å². The highest BCUT2D eigenvalue weighted by molar-refractivity contribution is 4.83. The van der Waals surface area contributed by atoms with E-state index in [1.807, 2.05) is 0 Å². The fraction of sp³-hybridized carbons (Fsp3) is 1.00. The number of hydrogen-bond acceptors (Lipinski definition) is 5. The van der Waals surface area contributed by atoms with Crippen molar-refractivity contribution >= 4 is 0 Å². The lowest BCUT2D eigenvalue weighted by molar-refractivity contribution is 0.0370. The predicted molar refractivity (Wildman–Crippen MR) is 106 cm³/mol. The van der Waals surface area contributed by atoms with Crippen LogP contribution < -0.4 is 5.32 Å². The quantitative estimate of drug-likeness (QED) is 0.558. The van der Waals surface area contributed by atoms with Crippen LogP contribution in [0.5, 0.6) is 0 Å². The molecule has 0 aromatic rings. The molecule has 2 heterocycles. The second-order valence-electron chi connectivity index (χ2n) is 7.75. The third-order valence-electron chi connectivity index (χ3n) is 5.71. The Hall–Kier alpha value is -0.240. The van der Waals surface area contributed by atoms with E-state index in [9.17, 15) is 0 Å². The van der Waals surface area contributed by atoms with E-state index in [4.69, 9.17) is 5.32 Å². The van der Waals surface area contributed by atoms with E-state index < -0.39 is 0 Å². The molecule has 0 aliphatic carbocycles. The maximum Gasteiger partial charge on any atom is 0.0891 e. The maximum absolute atomic E-state index is 4.93. The summed E-state index contributed by atoms with van der Waals surface area (Å²) in [4.78, 5) is 12.7. The van der Waals surface area contributed by atoms with Crippen molar-refractivity contribution < 1.29 is 0 Å². The van der Waals surface area contributed by atoms with Crippen LogP contribution in [0, 0.1) is 0 Å². The van der Waals surface area contributed by atoms with Crippen LogP contribution in [-0.2, 0) is 0 Å². The highest BCUT2D eigenvalue weighted by Gasteiger charge is 2.28. The first-order chi connectivity index (χ1) is 12.1. The lowest BCUT2D eigenvalue weighted by Crippen LogP contribution is -2.60. The minimum absolute atomic E-state index is 0.429. The van der Waals surface area contributed by atoms with Gasteiger partial charge in [-0.15, -0.1) is 0 Å². The van der Waals surface area contributed by atoms with Gasteiger partial charge in [-0.3, -0.25) is 14.7 Å². The van der Waals surface area contributed by atoms with Crippen molar-refractivity contribution in [3.8, 4) is 0 Å². The highest BCUT2D eigenvalue weighted by Crippen LogP contribution is 2.11. The topological polar surface area (TPSA) is 30.3 Å². The average molecular weight is 354 g/mol. The van der Waals surface area contributed by atoms with E-state index in [2.05, 4.69) is 52.4 Å². The zero-order valence-electron chi connectivity index (χ0n) is 17.2. The van der Waals surface area contributed by atoms with E-state index in [0.29, 0.717) is 6.17 Å². The van der Waals surface area contributed by atoms with Crippen molar-refractivity contribution in [2.24, 2.45) is 0 Å². The zero-order valence-corrected chi connectivity index (χ0v) is 17.2. The Morgan fingerprint density at radius 2 is 1.60 bits per heavy atom. The molecule has 2 rings (SSSR count). The zero-order chi connectivity index (χ0) is 18.1. The Morgan fingerprint density at radius 3 is 2.24 bits per heavy atom. The summed E-state index contributed by atoms with van der Waals surface area (Å²) < 4.78 is 0. The van der Waals surface area contributed by atoms with Crippen molar-refractivity contribution in [3.05, 3.63) is 0 Å². The van der Waals surface area contributed by atoms with Crippen LogP contribution in [0.25, 0.3) is 0 Å². The summed E-state index contributed by atoms with van der Waals surface area (Å²) in [5.74, 6) is 0. The third-order valence-corrected chi connectivity index (χ3v) is 5.71. The minimum Gasteiger partial charge on any atom is -0.308 e. The molecule has 0 bridgehead atoms. The van der Waals surface area contributed by atoms with Gasteiger partial charge in [-0.05, 0) is 46.7 Å². The standard InChI is InChI=1S/C19H41N6/c1-5-22(6-2)9-7-10-24-11-8-20-19(18-24)25-16-14-23(15-17-25)13-12-21(3)4/h19H,5-18H2,1-4H3. The van der Waals surface area contributed by atoms with Gasteiger partial charge in [-0.25, -0.2) is 5.32 Å². The number of hydrogen-bond donors (Lipinski definition) is 0. The Balaban J connectivity index is 1.65. The molecule has 2 aliphatic heterocycles. The molecule has 0 N–H and O–H groups in total. The molecule has 0 aromatic heterocycles. The van der Waals surface area contributed by atoms with Gasteiger partial charge in [-0.2, -0.15) is 0 Å². The van der Waals surface area contributed by atoms with Gasteiger partial charge in [0.15, 0.2) is 0 Å². The minimum atomic E-state index is 0.429. The number of nitrogens with zero attached hydrogens (tertiary/aromatic N) is 6. The first-order valence-electron chi connectivity index (χ1n) is 10.3. The molecule has 0 saturated carbocycles. The highest BCUT2D eigenvalue weighted by atomic mass is 15.4. The fourth-order valence-electron chi connectivity index (χ4n) is 3.85. The van der Waals surface area contributed by atoms with Crippen LogP contribution in [-0.4, -0.2) is 130 Å². The summed E-state index contributed by atoms with van der Waals surface area (Å²) in [6.07, 6.45) is 1.71. The average Bonchev–Trinajstić information content (AvgIpc) is 2.64. The van der Waals surface area contributed by atoms with Crippen LogP contribution in [0.15, 0.2) is 0 Å². The molecule has 2 saturated heterocycles. The van der Waals surface area contributed by atoms with Gasteiger partial charge in [0.2, 0.25) is 0 Å². The monoisotopic (exact) mass is 353 g/mol. The van der Waals surface area contributed by atoms with Crippen LogP contribution in [0.2, 0.25) is 0 Å². The molecule has 1 unspecified atom stereocenters. The van der Waals surface area contributed by atoms with Crippen LogP contribution >= 0.6 is 0 Å². The molecule has 2 fully saturated rings. The van der Waals surface area contributed by atoms with Gasteiger partial charge in [0.25, 0.3) is 0 Å². The van der Waals surface area contributed by atoms with Crippen molar-refractivity contribution in [3.63, 3.8) is 0 Å². The SMILES string of the molecule is CCN(CC)CCCN1CC[N]C(N2CCN(CCN(C)C)CC2)C1. The summed E-state index contributed by atoms with van der Waals surface area (Å²) in [5, 5.41) is 4.93.